The summed E-state index contributed by atoms with van der Waals surface area (Å²) in [6, 6.07) is 20.3. The predicted molar refractivity (Wildman–Crippen MR) is 98.0 cm³/mol. The summed E-state index contributed by atoms with van der Waals surface area (Å²) in [5.74, 6) is 0. The molecule has 23 heavy (non-hydrogen) atoms. The molecule has 0 heterocycles. The minimum atomic E-state index is 0.850. The standard InChI is InChI=1S/C20H19ClN2/c21-20-16(14-22-18-10-3-1-4-11-18)8-7-9-17(20)15-23-19-12-5-2-6-13-19/h1-6,10-15,22H,7-9H2/p+1. The molecule has 0 spiro atoms. The molecule has 2 nitrogen and oxygen atoms in total. The van der Waals surface area contributed by atoms with E-state index < -0.39 is 0 Å². The highest BCUT2D eigenvalue weighted by Gasteiger charge is 2.16. The fourth-order valence-corrected chi connectivity index (χ4v) is 2.87. The maximum Gasteiger partial charge on any atom is 0.203 e. The Balaban J connectivity index is 1.76. The van der Waals surface area contributed by atoms with Gasteiger partial charge in [0.1, 0.15) is 0 Å². The van der Waals surface area contributed by atoms with Crippen LogP contribution in [0.5, 0.6) is 0 Å². The molecule has 0 saturated heterocycles. The zero-order valence-corrected chi connectivity index (χ0v) is 13.7. The van der Waals surface area contributed by atoms with Gasteiger partial charge in [-0.1, -0.05) is 48.0 Å². The van der Waals surface area contributed by atoms with Gasteiger partial charge in [0.2, 0.25) is 5.69 Å². The van der Waals surface area contributed by atoms with Gasteiger partial charge in [0.15, 0.2) is 6.21 Å². The second-order valence-electron chi connectivity index (χ2n) is 5.53. The van der Waals surface area contributed by atoms with Crippen molar-refractivity contribution >= 4 is 29.2 Å². The summed E-state index contributed by atoms with van der Waals surface area (Å²) in [7, 11) is 0. The fourth-order valence-electron chi connectivity index (χ4n) is 2.58. The smallest absolute Gasteiger partial charge is 0.203 e. The topological polar surface area (TPSA) is 26.0 Å². The molecule has 0 aromatic heterocycles. The summed E-state index contributed by atoms with van der Waals surface area (Å²) in [6.07, 6.45) is 7.16. The average molecular weight is 324 g/mol. The van der Waals surface area contributed by atoms with Crippen LogP contribution in [-0.4, -0.2) is 6.21 Å². The van der Waals surface area contributed by atoms with E-state index >= 15 is 0 Å². The largest absolute Gasteiger partial charge is 0.361 e. The van der Waals surface area contributed by atoms with Gasteiger partial charge in [0, 0.05) is 29.6 Å². The van der Waals surface area contributed by atoms with Crippen LogP contribution in [0.25, 0.3) is 0 Å². The summed E-state index contributed by atoms with van der Waals surface area (Å²) >= 11 is 6.58. The number of para-hydroxylation sites is 2. The van der Waals surface area contributed by atoms with Crippen LogP contribution in [-0.2, 0) is 0 Å². The second kappa shape index (κ2) is 7.80. The number of hydrogen-bond donors (Lipinski definition) is 2. The number of allylic oxidation sites excluding steroid dienone is 3. The molecular formula is C20H20ClN2+. The summed E-state index contributed by atoms with van der Waals surface area (Å²) in [4.78, 5) is 3.32. The van der Waals surface area contributed by atoms with Gasteiger partial charge < -0.3 is 5.32 Å². The third-order valence-corrected chi connectivity index (χ3v) is 4.32. The van der Waals surface area contributed by atoms with Crippen LogP contribution in [0.3, 0.4) is 0 Å². The first-order valence-electron chi connectivity index (χ1n) is 7.87. The van der Waals surface area contributed by atoms with Crippen LogP contribution < -0.4 is 10.3 Å². The van der Waals surface area contributed by atoms with E-state index in [0.29, 0.717) is 0 Å². The van der Waals surface area contributed by atoms with Gasteiger partial charge in [-0.2, -0.15) is 0 Å². The third-order valence-electron chi connectivity index (χ3n) is 3.83. The van der Waals surface area contributed by atoms with Gasteiger partial charge in [-0.25, -0.2) is 4.99 Å². The lowest BCUT2D eigenvalue weighted by Crippen LogP contribution is -2.61. The van der Waals surface area contributed by atoms with Crippen LogP contribution >= 0.6 is 11.6 Å². The highest BCUT2D eigenvalue weighted by Crippen LogP contribution is 2.31. The first kappa shape index (κ1) is 15.6. The van der Waals surface area contributed by atoms with Crippen molar-refractivity contribution in [2.45, 2.75) is 19.3 Å². The van der Waals surface area contributed by atoms with Crippen LogP contribution in [0.2, 0.25) is 0 Å². The highest BCUT2D eigenvalue weighted by atomic mass is 35.5. The Morgan fingerprint density at radius 2 is 1.61 bits per heavy atom. The van der Waals surface area contributed by atoms with Crippen molar-refractivity contribution < 1.29 is 4.99 Å². The third kappa shape index (κ3) is 4.33. The maximum absolute atomic E-state index is 6.58. The van der Waals surface area contributed by atoms with E-state index in [0.717, 1.165) is 46.8 Å². The van der Waals surface area contributed by atoms with Crippen molar-refractivity contribution in [3.8, 4) is 0 Å². The number of rotatable bonds is 4. The quantitative estimate of drug-likeness (QED) is 0.812. The summed E-state index contributed by atoms with van der Waals surface area (Å²) in [5, 5.41) is 4.17. The van der Waals surface area contributed by atoms with E-state index in [1.54, 1.807) is 0 Å². The summed E-state index contributed by atoms with van der Waals surface area (Å²) in [5.41, 5.74) is 4.46. The molecule has 0 radical (unpaired) electrons. The molecule has 2 aromatic rings. The van der Waals surface area contributed by atoms with E-state index in [2.05, 4.69) is 10.3 Å². The minimum absolute atomic E-state index is 0.850. The Morgan fingerprint density at radius 1 is 0.913 bits per heavy atom. The van der Waals surface area contributed by atoms with Gasteiger partial charge in [0.25, 0.3) is 0 Å². The lowest BCUT2D eigenvalue weighted by molar-refractivity contribution is -0.347. The van der Waals surface area contributed by atoms with Crippen molar-refractivity contribution in [3.63, 3.8) is 0 Å². The Bertz CT molecular complexity index is 731. The fraction of sp³-hybridized carbons (Fsp3) is 0.150. The first-order chi connectivity index (χ1) is 11.3. The molecule has 2 aromatic carbocycles. The summed E-state index contributed by atoms with van der Waals surface area (Å²) < 4.78 is 0. The molecule has 0 atom stereocenters. The molecule has 0 aliphatic heterocycles. The SMILES string of the molecule is ClC1=C(C=[NH+]c2ccccc2)CCCC1=CNc1ccccc1. The van der Waals surface area contributed by atoms with E-state index in [1.807, 2.05) is 73.1 Å². The average Bonchev–Trinajstić information content (AvgIpc) is 2.61. The molecule has 0 unspecified atom stereocenters. The van der Waals surface area contributed by atoms with Crippen molar-refractivity contribution in [3.05, 3.63) is 83.0 Å². The minimum Gasteiger partial charge on any atom is -0.361 e. The molecule has 0 amide bonds. The van der Waals surface area contributed by atoms with Gasteiger partial charge in [-0.05, 0) is 37.0 Å². The normalized spacial score (nSPS) is 17.0. The van der Waals surface area contributed by atoms with Gasteiger partial charge in [-0.15, -0.1) is 0 Å². The molecule has 3 heteroatoms. The van der Waals surface area contributed by atoms with Crippen molar-refractivity contribution in [1.29, 1.82) is 0 Å². The molecule has 3 rings (SSSR count). The van der Waals surface area contributed by atoms with Crippen molar-refractivity contribution in [1.82, 2.24) is 0 Å². The number of hydrogen-bond acceptors (Lipinski definition) is 1. The Hall–Kier alpha value is -2.32. The van der Waals surface area contributed by atoms with Gasteiger partial charge >= 0.3 is 0 Å². The van der Waals surface area contributed by atoms with E-state index in [9.17, 15) is 0 Å². The van der Waals surface area contributed by atoms with Crippen LogP contribution in [0, 0.1) is 0 Å². The van der Waals surface area contributed by atoms with Gasteiger partial charge in [-0.3, -0.25) is 0 Å². The molecule has 116 valence electrons. The molecule has 0 saturated carbocycles. The lowest BCUT2D eigenvalue weighted by atomic mass is 9.96. The number of halogens is 1. The van der Waals surface area contributed by atoms with Crippen LogP contribution in [0.15, 0.2) is 83.0 Å². The molecule has 0 bridgehead atoms. The maximum atomic E-state index is 6.58. The Morgan fingerprint density at radius 3 is 2.35 bits per heavy atom. The molecule has 1 aliphatic carbocycles. The molecule has 1 aliphatic rings. The highest BCUT2D eigenvalue weighted by molar-refractivity contribution is 6.33. The zero-order chi connectivity index (χ0) is 15.9. The van der Waals surface area contributed by atoms with Gasteiger partial charge in [0.05, 0.1) is 5.03 Å². The summed E-state index contributed by atoms with van der Waals surface area (Å²) in [6.45, 7) is 0. The molecule has 0 fully saturated rings. The Kier molecular flexibility index (Phi) is 5.28. The van der Waals surface area contributed by atoms with Crippen LogP contribution in [0.1, 0.15) is 19.3 Å². The first-order valence-corrected chi connectivity index (χ1v) is 8.25. The lowest BCUT2D eigenvalue weighted by Gasteiger charge is -2.15. The molecular weight excluding hydrogens is 304 g/mol. The number of nitrogens with one attached hydrogen (secondary N) is 2. The van der Waals surface area contributed by atoms with E-state index in [1.165, 1.54) is 0 Å². The zero-order valence-electron chi connectivity index (χ0n) is 12.9. The monoisotopic (exact) mass is 323 g/mol. The van der Waals surface area contributed by atoms with Crippen LogP contribution in [0.4, 0.5) is 11.4 Å². The number of benzene rings is 2. The number of anilines is 1. The molecule has 2 N–H and O–H groups in total. The Labute approximate surface area is 142 Å². The predicted octanol–water partition coefficient (Wildman–Crippen LogP) is 4.14. The van der Waals surface area contributed by atoms with E-state index in [4.69, 9.17) is 11.6 Å². The van der Waals surface area contributed by atoms with E-state index in [-0.39, 0.29) is 0 Å². The van der Waals surface area contributed by atoms with Crippen molar-refractivity contribution in [2.24, 2.45) is 0 Å². The van der Waals surface area contributed by atoms with Crippen molar-refractivity contribution in [2.75, 3.05) is 5.32 Å². The second-order valence-corrected chi connectivity index (χ2v) is 5.91.